The lowest BCUT2D eigenvalue weighted by Gasteiger charge is -2.24. The van der Waals surface area contributed by atoms with Crippen LogP contribution in [0.1, 0.15) is 40.0 Å². The highest BCUT2D eigenvalue weighted by Crippen LogP contribution is 2.08. The lowest BCUT2D eigenvalue weighted by Crippen LogP contribution is -2.56. The molecule has 4 atom stereocenters. The van der Waals surface area contributed by atoms with Gasteiger partial charge in [-0.15, -0.1) is 0 Å². The molecule has 30 heavy (non-hydrogen) atoms. The van der Waals surface area contributed by atoms with Crippen molar-refractivity contribution in [2.45, 2.75) is 64.2 Å². The molecule has 11 nitrogen and oxygen atoms in total. The highest BCUT2D eigenvalue weighted by Gasteiger charge is 2.29. The van der Waals surface area contributed by atoms with E-state index in [4.69, 9.17) is 10.8 Å². The molecule has 0 fully saturated rings. The standard InChI is InChI=1S/C18H32N4O7S/c1-9(2)7-13(17(27)21-12(18(28)29)5-6-30-4)22-15(25)10(3)20-16(26)11(19)8-14(23)24/h9-13H,5-8,19H2,1-4H3,(H,20,26)(H,21,27)(H,22,25)(H,23,24)(H,28,29). The summed E-state index contributed by atoms with van der Waals surface area (Å²) in [7, 11) is 0. The number of amides is 3. The zero-order valence-corrected chi connectivity index (χ0v) is 18.5. The first-order valence-electron chi connectivity index (χ1n) is 9.49. The molecular formula is C18H32N4O7S. The Bertz CT molecular complexity index is 630. The topological polar surface area (TPSA) is 188 Å². The Morgan fingerprint density at radius 2 is 1.47 bits per heavy atom. The Morgan fingerprint density at radius 3 is 1.93 bits per heavy atom. The van der Waals surface area contributed by atoms with Crippen LogP contribution in [0.15, 0.2) is 0 Å². The molecule has 0 radical (unpaired) electrons. The molecule has 3 amide bonds. The lowest BCUT2D eigenvalue weighted by atomic mass is 10.0. The summed E-state index contributed by atoms with van der Waals surface area (Å²) in [5.74, 6) is -3.98. The highest BCUT2D eigenvalue weighted by atomic mass is 32.2. The maximum absolute atomic E-state index is 12.6. The zero-order chi connectivity index (χ0) is 23.4. The molecule has 12 heteroatoms. The van der Waals surface area contributed by atoms with Crippen LogP contribution in [0.2, 0.25) is 0 Å². The zero-order valence-electron chi connectivity index (χ0n) is 17.6. The third-order valence-corrected chi connectivity index (χ3v) is 4.69. The van der Waals surface area contributed by atoms with Crippen molar-refractivity contribution >= 4 is 41.4 Å². The number of nitrogens with one attached hydrogen (secondary N) is 3. The van der Waals surface area contributed by atoms with Crippen LogP contribution < -0.4 is 21.7 Å². The van der Waals surface area contributed by atoms with Crippen LogP contribution in [0.3, 0.4) is 0 Å². The molecular weight excluding hydrogens is 416 g/mol. The van der Waals surface area contributed by atoms with Gasteiger partial charge in [-0.25, -0.2) is 4.79 Å². The highest BCUT2D eigenvalue weighted by molar-refractivity contribution is 7.98. The van der Waals surface area contributed by atoms with Gasteiger partial charge in [0.15, 0.2) is 0 Å². The van der Waals surface area contributed by atoms with E-state index in [1.165, 1.54) is 18.7 Å². The van der Waals surface area contributed by atoms with E-state index in [1.807, 2.05) is 20.1 Å². The van der Waals surface area contributed by atoms with Crippen molar-refractivity contribution in [3.63, 3.8) is 0 Å². The fourth-order valence-electron chi connectivity index (χ4n) is 2.43. The van der Waals surface area contributed by atoms with Crippen molar-refractivity contribution < 1.29 is 34.2 Å². The number of carbonyl (C=O) groups is 5. The van der Waals surface area contributed by atoms with Crippen molar-refractivity contribution in [1.29, 1.82) is 0 Å². The van der Waals surface area contributed by atoms with Gasteiger partial charge in [0.1, 0.15) is 18.1 Å². The Morgan fingerprint density at radius 1 is 0.900 bits per heavy atom. The average molecular weight is 449 g/mol. The first-order chi connectivity index (χ1) is 13.9. The molecule has 0 heterocycles. The predicted molar refractivity (Wildman–Crippen MR) is 112 cm³/mol. The molecule has 0 aliphatic heterocycles. The van der Waals surface area contributed by atoms with Crippen LogP contribution in [-0.2, 0) is 24.0 Å². The van der Waals surface area contributed by atoms with E-state index >= 15 is 0 Å². The fourth-order valence-corrected chi connectivity index (χ4v) is 2.90. The van der Waals surface area contributed by atoms with Gasteiger partial charge in [0, 0.05) is 0 Å². The summed E-state index contributed by atoms with van der Waals surface area (Å²) >= 11 is 1.45. The van der Waals surface area contributed by atoms with E-state index in [0.29, 0.717) is 5.75 Å². The molecule has 0 spiro atoms. The van der Waals surface area contributed by atoms with Gasteiger partial charge in [0.25, 0.3) is 0 Å². The number of carbonyl (C=O) groups excluding carboxylic acids is 3. The van der Waals surface area contributed by atoms with E-state index in [-0.39, 0.29) is 18.8 Å². The van der Waals surface area contributed by atoms with Crippen LogP contribution in [0.25, 0.3) is 0 Å². The largest absolute Gasteiger partial charge is 0.481 e. The molecule has 0 rings (SSSR count). The van der Waals surface area contributed by atoms with Crippen molar-refractivity contribution in [3.05, 3.63) is 0 Å². The van der Waals surface area contributed by atoms with Crippen LogP contribution in [0, 0.1) is 5.92 Å². The van der Waals surface area contributed by atoms with Gasteiger partial charge in [-0.1, -0.05) is 13.8 Å². The molecule has 0 bridgehead atoms. The summed E-state index contributed by atoms with van der Waals surface area (Å²) in [5.41, 5.74) is 5.46. The third kappa shape index (κ3) is 11.0. The van der Waals surface area contributed by atoms with E-state index in [9.17, 15) is 29.1 Å². The molecule has 7 N–H and O–H groups in total. The molecule has 172 valence electrons. The Balaban J connectivity index is 5.07. The van der Waals surface area contributed by atoms with Gasteiger partial charge in [0.05, 0.1) is 12.5 Å². The molecule has 0 aromatic carbocycles. The average Bonchev–Trinajstić information content (AvgIpc) is 2.62. The first kappa shape index (κ1) is 27.7. The smallest absolute Gasteiger partial charge is 0.326 e. The van der Waals surface area contributed by atoms with Crippen molar-refractivity contribution in [2.24, 2.45) is 11.7 Å². The second-order valence-electron chi connectivity index (χ2n) is 7.31. The summed E-state index contributed by atoms with van der Waals surface area (Å²) in [6.45, 7) is 5.04. The normalized spacial score (nSPS) is 14.9. The number of carboxylic acids is 2. The minimum Gasteiger partial charge on any atom is -0.481 e. The summed E-state index contributed by atoms with van der Waals surface area (Å²) in [5, 5.41) is 25.2. The molecule has 0 aliphatic rings. The SMILES string of the molecule is CSCCC(NC(=O)C(CC(C)C)NC(=O)C(C)NC(=O)C(N)CC(=O)O)C(=O)O. The van der Waals surface area contributed by atoms with E-state index in [2.05, 4.69) is 16.0 Å². The fraction of sp³-hybridized carbons (Fsp3) is 0.722. The number of rotatable bonds is 14. The van der Waals surface area contributed by atoms with Crippen LogP contribution >= 0.6 is 11.8 Å². The van der Waals surface area contributed by atoms with Gasteiger partial charge >= 0.3 is 11.9 Å². The number of hydrogen-bond acceptors (Lipinski definition) is 7. The van der Waals surface area contributed by atoms with Gasteiger partial charge in [-0.2, -0.15) is 11.8 Å². The summed E-state index contributed by atoms with van der Waals surface area (Å²) in [6.07, 6.45) is 1.72. The van der Waals surface area contributed by atoms with E-state index in [1.54, 1.807) is 0 Å². The molecule has 0 aromatic heterocycles. The molecule has 4 unspecified atom stereocenters. The van der Waals surface area contributed by atoms with E-state index < -0.39 is 60.2 Å². The summed E-state index contributed by atoms with van der Waals surface area (Å²) in [4.78, 5) is 58.9. The molecule has 0 saturated heterocycles. The van der Waals surface area contributed by atoms with Crippen molar-refractivity contribution in [3.8, 4) is 0 Å². The van der Waals surface area contributed by atoms with Gasteiger partial charge in [-0.3, -0.25) is 19.2 Å². The summed E-state index contributed by atoms with van der Waals surface area (Å²) in [6, 6.07) is -4.48. The predicted octanol–water partition coefficient (Wildman–Crippen LogP) is -0.853. The third-order valence-electron chi connectivity index (χ3n) is 4.05. The molecule has 0 saturated carbocycles. The molecule has 0 aliphatic carbocycles. The Hall–Kier alpha value is -2.34. The van der Waals surface area contributed by atoms with Gasteiger partial charge < -0.3 is 31.9 Å². The number of hydrogen-bond donors (Lipinski definition) is 6. The second-order valence-corrected chi connectivity index (χ2v) is 8.29. The summed E-state index contributed by atoms with van der Waals surface area (Å²) < 4.78 is 0. The van der Waals surface area contributed by atoms with Gasteiger partial charge in [0.2, 0.25) is 17.7 Å². The minimum atomic E-state index is -1.32. The molecule has 0 aromatic rings. The van der Waals surface area contributed by atoms with Crippen LogP contribution in [0.5, 0.6) is 0 Å². The maximum atomic E-state index is 12.6. The number of nitrogens with two attached hydrogens (primary N) is 1. The lowest BCUT2D eigenvalue weighted by molar-refractivity contribution is -0.142. The quantitative estimate of drug-likeness (QED) is 0.197. The maximum Gasteiger partial charge on any atom is 0.326 e. The number of thioether (sulfide) groups is 1. The van der Waals surface area contributed by atoms with Crippen LogP contribution in [0.4, 0.5) is 0 Å². The van der Waals surface area contributed by atoms with Crippen molar-refractivity contribution in [2.75, 3.05) is 12.0 Å². The second kappa shape index (κ2) is 13.8. The number of carboxylic acid groups (broad SMARTS) is 2. The monoisotopic (exact) mass is 448 g/mol. The number of aliphatic carboxylic acids is 2. The minimum absolute atomic E-state index is 0.0180. The van der Waals surface area contributed by atoms with Crippen LogP contribution in [-0.4, -0.2) is 76.0 Å². The van der Waals surface area contributed by atoms with E-state index in [0.717, 1.165) is 0 Å². The Labute approximate surface area is 179 Å². The van der Waals surface area contributed by atoms with Gasteiger partial charge in [-0.05, 0) is 37.7 Å². The Kier molecular flexibility index (Phi) is 12.7. The van der Waals surface area contributed by atoms with Crippen molar-refractivity contribution in [1.82, 2.24) is 16.0 Å². The first-order valence-corrected chi connectivity index (χ1v) is 10.9.